The Morgan fingerprint density at radius 2 is 1.71 bits per heavy atom. The maximum atomic E-state index is 12.8. The van der Waals surface area contributed by atoms with Crippen molar-refractivity contribution in [2.75, 3.05) is 26.6 Å². The second kappa shape index (κ2) is 8.98. The molecule has 1 amide bonds. The molecule has 0 atom stereocenters. The van der Waals surface area contributed by atoms with E-state index in [1.165, 1.54) is 21.3 Å². The zero-order valence-corrected chi connectivity index (χ0v) is 20.8. The number of hydrogen-bond acceptors (Lipinski definition) is 7. The molecule has 0 unspecified atom stereocenters. The quantitative estimate of drug-likeness (QED) is 0.522. The number of Topliss-reactive ketones (excluding diaryl/α,β-unsaturated/α-hetero) is 1. The van der Waals surface area contributed by atoms with Crippen LogP contribution in [-0.2, 0) is 6.42 Å². The summed E-state index contributed by atoms with van der Waals surface area (Å²) in [7, 11) is 4.59. The highest BCUT2D eigenvalue weighted by Crippen LogP contribution is 2.41. The van der Waals surface area contributed by atoms with E-state index in [2.05, 4.69) is 24.3 Å². The number of ether oxygens (including phenoxy) is 3. The first-order valence-corrected chi connectivity index (χ1v) is 11.2. The molecule has 35 heavy (non-hydrogen) atoms. The number of carbonyl (C=O) groups is 2. The number of amides is 1. The van der Waals surface area contributed by atoms with Crippen LogP contribution >= 0.6 is 0 Å². The number of carbonyl (C=O) groups excluding carboxylic acids is 2. The zero-order valence-electron chi connectivity index (χ0n) is 20.8. The predicted molar refractivity (Wildman–Crippen MR) is 133 cm³/mol. The van der Waals surface area contributed by atoms with Gasteiger partial charge in [-0.15, -0.1) is 0 Å². The number of nitrogens with one attached hydrogen (secondary N) is 1. The number of hydrogen-bond donors (Lipinski definition) is 2. The molecule has 0 bridgehead atoms. The molecule has 3 aromatic rings. The monoisotopic (exact) mass is 478 g/mol. The normalized spacial score (nSPS) is 14.3. The molecule has 0 saturated heterocycles. The standard InChI is InChI=1S/C26H30N4O5/c1-14-23-19(12-26(2,3)13-20(23)31)30(29-14)16-7-8-17(25(27)32)18(11-16)28-15-9-21(33-4)24(35-6)22(10-15)34-5/h7-11,28H,12-13H2,1-6H3,(H2,27,32). The lowest BCUT2D eigenvalue weighted by Gasteiger charge is -2.29. The summed E-state index contributed by atoms with van der Waals surface area (Å²) in [5, 5.41) is 7.93. The predicted octanol–water partition coefficient (Wildman–Crippen LogP) is 4.20. The number of nitrogens with zero attached hydrogens (tertiary/aromatic N) is 2. The second-order valence-electron chi connectivity index (χ2n) is 9.39. The minimum Gasteiger partial charge on any atom is -0.493 e. The highest BCUT2D eigenvalue weighted by atomic mass is 16.5. The maximum Gasteiger partial charge on any atom is 0.250 e. The fourth-order valence-corrected chi connectivity index (χ4v) is 4.64. The molecule has 9 nitrogen and oxygen atoms in total. The van der Waals surface area contributed by atoms with E-state index in [0.717, 1.165) is 5.69 Å². The number of aryl methyl sites for hydroxylation is 1. The SMILES string of the molecule is COc1cc(Nc2cc(-n3nc(C)c4c3CC(C)(C)CC4=O)ccc2C(N)=O)cc(OC)c1OC. The van der Waals surface area contributed by atoms with Gasteiger partial charge in [-0.25, -0.2) is 4.68 Å². The molecule has 9 heteroatoms. The Balaban J connectivity index is 1.82. The molecule has 0 fully saturated rings. The molecule has 0 radical (unpaired) electrons. The zero-order chi connectivity index (χ0) is 25.5. The van der Waals surface area contributed by atoms with Gasteiger partial charge in [-0.2, -0.15) is 5.10 Å². The topological polar surface area (TPSA) is 118 Å². The van der Waals surface area contributed by atoms with Crippen molar-refractivity contribution in [2.24, 2.45) is 11.1 Å². The number of aromatic nitrogens is 2. The first-order valence-electron chi connectivity index (χ1n) is 11.2. The molecule has 2 aromatic carbocycles. The average molecular weight is 479 g/mol. The van der Waals surface area contributed by atoms with Gasteiger partial charge in [-0.3, -0.25) is 9.59 Å². The van der Waals surface area contributed by atoms with Gasteiger partial charge in [0, 0.05) is 24.2 Å². The van der Waals surface area contributed by atoms with Crippen LogP contribution in [-0.4, -0.2) is 42.8 Å². The van der Waals surface area contributed by atoms with Gasteiger partial charge in [0.05, 0.1) is 55.2 Å². The first-order chi connectivity index (χ1) is 16.6. The van der Waals surface area contributed by atoms with Gasteiger partial charge >= 0.3 is 0 Å². The van der Waals surface area contributed by atoms with Crippen molar-refractivity contribution in [3.63, 3.8) is 0 Å². The van der Waals surface area contributed by atoms with Gasteiger partial charge in [0.25, 0.3) is 5.91 Å². The minimum atomic E-state index is -0.582. The van der Waals surface area contributed by atoms with Crippen molar-refractivity contribution >= 4 is 23.1 Å². The Labute approximate surface area is 204 Å². The van der Waals surface area contributed by atoms with Crippen molar-refractivity contribution in [3.05, 3.63) is 52.8 Å². The fourth-order valence-electron chi connectivity index (χ4n) is 4.64. The largest absolute Gasteiger partial charge is 0.493 e. The molecule has 4 rings (SSSR count). The summed E-state index contributed by atoms with van der Waals surface area (Å²) in [6.07, 6.45) is 1.20. The van der Waals surface area contributed by atoms with Gasteiger partial charge in [0.15, 0.2) is 17.3 Å². The van der Waals surface area contributed by atoms with Crippen LogP contribution in [0.15, 0.2) is 30.3 Å². The molecular weight excluding hydrogens is 448 g/mol. The fraction of sp³-hybridized carbons (Fsp3) is 0.346. The Hall–Kier alpha value is -4.01. The van der Waals surface area contributed by atoms with Gasteiger partial charge in [0.1, 0.15) is 0 Å². The number of methoxy groups -OCH3 is 3. The average Bonchev–Trinajstić information content (AvgIpc) is 3.13. The van der Waals surface area contributed by atoms with E-state index in [4.69, 9.17) is 19.9 Å². The van der Waals surface area contributed by atoms with Gasteiger partial charge in [-0.05, 0) is 37.0 Å². The number of fused-ring (bicyclic) bond motifs is 1. The third-order valence-corrected chi connectivity index (χ3v) is 6.18. The first kappa shape index (κ1) is 24.1. The minimum absolute atomic E-state index is 0.101. The highest BCUT2D eigenvalue weighted by Gasteiger charge is 2.35. The van der Waals surface area contributed by atoms with Gasteiger partial charge < -0.3 is 25.3 Å². The van der Waals surface area contributed by atoms with E-state index in [1.807, 2.05) is 6.92 Å². The molecular formula is C26H30N4O5. The van der Waals surface area contributed by atoms with E-state index < -0.39 is 5.91 Å². The lowest BCUT2D eigenvalue weighted by Crippen LogP contribution is -2.28. The van der Waals surface area contributed by atoms with Crippen molar-refractivity contribution in [1.29, 1.82) is 0 Å². The number of ketones is 1. The Morgan fingerprint density at radius 3 is 2.29 bits per heavy atom. The summed E-state index contributed by atoms with van der Waals surface area (Å²) >= 11 is 0. The van der Waals surface area contributed by atoms with Crippen LogP contribution in [0.1, 0.15) is 52.4 Å². The van der Waals surface area contributed by atoms with Crippen LogP contribution in [0, 0.1) is 12.3 Å². The lowest BCUT2D eigenvalue weighted by atomic mass is 9.75. The Bertz CT molecular complexity index is 1300. The molecule has 1 aliphatic rings. The third-order valence-electron chi connectivity index (χ3n) is 6.18. The third kappa shape index (κ3) is 4.41. The number of nitrogens with two attached hydrogens (primary N) is 1. The van der Waals surface area contributed by atoms with Crippen molar-refractivity contribution in [3.8, 4) is 22.9 Å². The molecule has 184 valence electrons. The number of anilines is 2. The summed E-state index contributed by atoms with van der Waals surface area (Å²) in [6, 6.07) is 8.69. The molecule has 1 heterocycles. The van der Waals surface area contributed by atoms with Crippen LogP contribution in [0.4, 0.5) is 11.4 Å². The highest BCUT2D eigenvalue weighted by molar-refractivity contribution is 6.01. The summed E-state index contributed by atoms with van der Waals surface area (Å²) in [5.41, 5.74) is 9.84. The van der Waals surface area contributed by atoms with Gasteiger partial charge in [-0.1, -0.05) is 13.8 Å². The van der Waals surface area contributed by atoms with Crippen molar-refractivity contribution in [1.82, 2.24) is 9.78 Å². The van der Waals surface area contributed by atoms with E-state index in [0.29, 0.717) is 64.0 Å². The van der Waals surface area contributed by atoms with E-state index in [1.54, 1.807) is 35.0 Å². The summed E-state index contributed by atoms with van der Waals surface area (Å²) < 4.78 is 18.1. The molecule has 1 aromatic heterocycles. The second-order valence-corrected chi connectivity index (χ2v) is 9.39. The van der Waals surface area contributed by atoms with Crippen LogP contribution in [0.3, 0.4) is 0 Å². The van der Waals surface area contributed by atoms with E-state index in [9.17, 15) is 9.59 Å². The van der Waals surface area contributed by atoms with Crippen molar-refractivity contribution in [2.45, 2.75) is 33.6 Å². The molecule has 0 aliphatic heterocycles. The van der Waals surface area contributed by atoms with Crippen molar-refractivity contribution < 1.29 is 23.8 Å². The summed E-state index contributed by atoms with van der Waals surface area (Å²) in [5.74, 6) is 0.897. The van der Waals surface area contributed by atoms with E-state index in [-0.39, 0.29) is 11.2 Å². The van der Waals surface area contributed by atoms with Crippen LogP contribution in [0.2, 0.25) is 0 Å². The molecule has 0 saturated carbocycles. The Kier molecular flexibility index (Phi) is 6.19. The van der Waals surface area contributed by atoms with Crippen LogP contribution in [0.5, 0.6) is 17.2 Å². The number of rotatable bonds is 7. The maximum absolute atomic E-state index is 12.8. The molecule has 3 N–H and O–H groups in total. The van der Waals surface area contributed by atoms with Crippen LogP contribution in [0.25, 0.3) is 5.69 Å². The van der Waals surface area contributed by atoms with Gasteiger partial charge in [0.2, 0.25) is 5.75 Å². The van der Waals surface area contributed by atoms with E-state index >= 15 is 0 Å². The van der Waals surface area contributed by atoms with Crippen LogP contribution < -0.4 is 25.3 Å². The summed E-state index contributed by atoms with van der Waals surface area (Å²) in [6.45, 7) is 6.00. The molecule has 1 aliphatic carbocycles. The summed E-state index contributed by atoms with van der Waals surface area (Å²) in [4.78, 5) is 25.0. The lowest BCUT2D eigenvalue weighted by molar-refractivity contribution is 0.0909. The smallest absolute Gasteiger partial charge is 0.250 e. The number of benzene rings is 2. The Morgan fingerprint density at radius 1 is 1.06 bits per heavy atom. The molecule has 0 spiro atoms. The number of primary amides is 1.